The summed E-state index contributed by atoms with van der Waals surface area (Å²) in [4.78, 5) is 25.3. The fourth-order valence-corrected chi connectivity index (χ4v) is 3.39. The molecular weight excluding hydrogens is 342 g/mol. The number of hydrogen-bond donors (Lipinski definition) is 1. The average molecular weight is 362 g/mol. The van der Waals surface area contributed by atoms with E-state index in [2.05, 4.69) is 5.10 Å². The quantitative estimate of drug-likeness (QED) is 0.907. The number of para-hydroxylation sites is 1. The Balaban J connectivity index is 1.74. The third-order valence-corrected chi connectivity index (χ3v) is 4.88. The first kappa shape index (κ1) is 17.5. The van der Waals surface area contributed by atoms with Crippen molar-refractivity contribution in [3.8, 4) is 5.69 Å². The Hall–Kier alpha value is -2.34. The van der Waals surface area contributed by atoms with E-state index in [1.54, 1.807) is 21.8 Å². The van der Waals surface area contributed by atoms with Crippen molar-refractivity contribution in [1.29, 1.82) is 0 Å². The summed E-state index contributed by atoms with van der Waals surface area (Å²) in [6.07, 6.45) is 3.39. The van der Waals surface area contributed by atoms with Crippen LogP contribution in [-0.2, 0) is 4.79 Å². The highest BCUT2D eigenvalue weighted by Crippen LogP contribution is 2.24. The van der Waals surface area contributed by atoms with Crippen LogP contribution >= 0.6 is 11.6 Å². The number of carboxylic acid groups (broad SMARTS) is 1. The second kappa shape index (κ2) is 7.27. The zero-order valence-electron chi connectivity index (χ0n) is 14.0. The second-order valence-corrected chi connectivity index (χ2v) is 6.80. The van der Waals surface area contributed by atoms with Gasteiger partial charge in [0.2, 0.25) is 0 Å². The molecule has 2 heterocycles. The van der Waals surface area contributed by atoms with Crippen LogP contribution < -0.4 is 0 Å². The third-order valence-electron chi connectivity index (χ3n) is 4.56. The second-order valence-electron chi connectivity index (χ2n) is 6.39. The van der Waals surface area contributed by atoms with Crippen molar-refractivity contribution in [3.63, 3.8) is 0 Å². The number of hydrogen-bond acceptors (Lipinski definition) is 3. The molecule has 0 spiro atoms. The number of nitrogens with zero attached hydrogens (tertiary/aromatic N) is 3. The van der Waals surface area contributed by atoms with Gasteiger partial charge in [0.05, 0.1) is 10.7 Å². The van der Waals surface area contributed by atoms with Gasteiger partial charge in [-0.3, -0.25) is 9.59 Å². The topological polar surface area (TPSA) is 75.4 Å². The number of benzene rings is 1. The van der Waals surface area contributed by atoms with Crippen molar-refractivity contribution in [2.75, 3.05) is 13.1 Å². The maximum absolute atomic E-state index is 12.8. The lowest BCUT2D eigenvalue weighted by Crippen LogP contribution is -2.39. The number of likely N-dealkylation sites (tertiary alicyclic amines) is 1. The smallest absolute Gasteiger partial charge is 0.303 e. The van der Waals surface area contributed by atoms with Gasteiger partial charge >= 0.3 is 5.97 Å². The molecule has 0 saturated carbocycles. The van der Waals surface area contributed by atoms with E-state index < -0.39 is 5.97 Å². The van der Waals surface area contributed by atoms with Gasteiger partial charge in [0.1, 0.15) is 0 Å². The van der Waals surface area contributed by atoms with Crippen molar-refractivity contribution < 1.29 is 14.7 Å². The van der Waals surface area contributed by atoms with Gasteiger partial charge in [-0.05, 0) is 37.8 Å². The summed E-state index contributed by atoms with van der Waals surface area (Å²) in [6, 6.07) is 7.34. The summed E-state index contributed by atoms with van der Waals surface area (Å²) in [7, 11) is 0. The highest BCUT2D eigenvalue weighted by Gasteiger charge is 2.27. The minimum atomic E-state index is -0.779. The SMILES string of the molecule is Cc1cn(-c2ccccc2Cl)nc1C(=O)N1CCC(CC(=O)O)CC1. The van der Waals surface area contributed by atoms with E-state index in [1.165, 1.54) is 0 Å². The number of amides is 1. The van der Waals surface area contributed by atoms with Crippen LogP contribution in [0.4, 0.5) is 0 Å². The van der Waals surface area contributed by atoms with Crippen molar-refractivity contribution in [2.24, 2.45) is 5.92 Å². The van der Waals surface area contributed by atoms with Crippen molar-refractivity contribution in [2.45, 2.75) is 26.2 Å². The number of aromatic nitrogens is 2. The Morgan fingerprint density at radius 3 is 2.60 bits per heavy atom. The monoisotopic (exact) mass is 361 g/mol. The first-order valence-electron chi connectivity index (χ1n) is 8.28. The molecule has 1 aliphatic rings. The van der Waals surface area contributed by atoms with Gasteiger partial charge in [-0.1, -0.05) is 23.7 Å². The number of carboxylic acids is 1. The molecule has 7 heteroatoms. The van der Waals surface area contributed by atoms with E-state index in [4.69, 9.17) is 16.7 Å². The molecule has 1 aromatic heterocycles. The highest BCUT2D eigenvalue weighted by molar-refractivity contribution is 6.32. The summed E-state index contributed by atoms with van der Waals surface area (Å²) < 4.78 is 1.63. The van der Waals surface area contributed by atoms with Crippen LogP contribution in [0.2, 0.25) is 5.02 Å². The average Bonchev–Trinajstić information content (AvgIpc) is 2.96. The molecule has 1 amide bonds. The van der Waals surface area contributed by atoms with Gasteiger partial charge in [0, 0.05) is 31.3 Å². The molecular formula is C18H20ClN3O3. The van der Waals surface area contributed by atoms with Gasteiger partial charge in [0.25, 0.3) is 5.91 Å². The molecule has 25 heavy (non-hydrogen) atoms. The van der Waals surface area contributed by atoms with Gasteiger partial charge in [0.15, 0.2) is 5.69 Å². The molecule has 0 radical (unpaired) electrons. The minimum absolute atomic E-state index is 0.114. The fourth-order valence-electron chi connectivity index (χ4n) is 3.17. The minimum Gasteiger partial charge on any atom is -0.481 e. The van der Waals surface area contributed by atoms with Gasteiger partial charge in [-0.2, -0.15) is 5.10 Å². The largest absolute Gasteiger partial charge is 0.481 e. The predicted octanol–water partition coefficient (Wildman–Crippen LogP) is 3.16. The zero-order chi connectivity index (χ0) is 18.0. The Bertz CT molecular complexity index is 795. The molecule has 0 atom stereocenters. The van der Waals surface area contributed by atoms with E-state index in [0.29, 0.717) is 36.6 Å². The van der Waals surface area contributed by atoms with Crippen LogP contribution in [0.5, 0.6) is 0 Å². The number of aryl methyl sites for hydroxylation is 1. The molecule has 1 N–H and O–H groups in total. The predicted molar refractivity (Wildman–Crippen MR) is 94.2 cm³/mol. The van der Waals surface area contributed by atoms with Gasteiger partial charge < -0.3 is 10.0 Å². The molecule has 3 rings (SSSR count). The number of carbonyl (C=O) groups is 2. The molecule has 2 aromatic rings. The van der Waals surface area contributed by atoms with Gasteiger partial charge in [-0.25, -0.2) is 4.68 Å². The lowest BCUT2D eigenvalue weighted by atomic mass is 9.93. The van der Waals surface area contributed by atoms with E-state index in [-0.39, 0.29) is 18.2 Å². The highest BCUT2D eigenvalue weighted by atomic mass is 35.5. The Morgan fingerprint density at radius 2 is 1.96 bits per heavy atom. The van der Waals surface area contributed by atoms with Crippen LogP contribution in [0.25, 0.3) is 5.69 Å². The number of carbonyl (C=O) groups excluding carboxylic acids is 1. The molecule has 0 aliphatic carbocycles. The van der Waals surface area contributed by atoms with Crippen molar-refractivity contribution in [3.05, 3.63) is 46.7 Å². The standard InChI is InChI=1S/C18H20ClN3O3/c1-12-11-22(15-5-3-2-4-14(15)19)20-17(12)18(25)21-8-6-13(7-9-21)10-16(23)24/h2-5,11,13H,6-10H2,1H3,(H,23,24). The van der Waals surface area contributed by atoms with Crippen LogP contribution in [0.1, 0.15) is 35.3 Å². The van der Waals surface area contributed by atoms with Gasteiger partial charge in [-0.15, -0.1) is 0 Å². The van der Waals surface area contributed by atoms with E-state index in [9.17, 15) is 9.59 Å². The molecule has 6 nitrogen and oxygen atoms in total. The Morgan fingerprint density at radius 1 is 1.28 bits per heavy atom. The van der Waals surface area contributed by atoms with E-state index in [1.807, 2.05) is 25.1 Å². The summed E-state index contributed by atoms with van der Waals surface area (Å²) >= 11 is 6.20. The Kier molecular flexibility index (Phi) is 5.08. The van der Waals surface area contributed by atoms with E-state index >= 15 is 0 Å². The van der Waals surface area contributed by atoms with Crippen LogP contribution in [0.3, 0.4) is 0 Å². The molecule has 1 saturated heterocycles. The number of piperidine rings is 1. The molecule has 1 fully saturated rings. The third kappa shape index (κ3) is 3.85. The first-order chi connectivity index (χ1) is 12.0. The molecule has 1 aliphatic heterocycles. The molecule has 0 bridgehead atoms. The summed E-state index contributed by atoms with van der Waals surface area (Å²) in [6.45, 7) is 2.98. The lowest BCUT2D eigenvalue weighted by Gasteiger charge is -2.31. The van der Waals surface area contributed by atoms with E-state index in [0.717, 1.165) is 11.3 Å². The maximum Gasteiger partial charge on any atom is 0.303 e. The fraction of sp³-hybridized carbons (Fsp3) is 0.389. The number of halogens is 1. The number of rotatable bonds is 4. The molecule has 0 unspecified atom stereocenters. The van der Waals surface area contributed by atoms with Crippen molar-refractivity contribution >= 4 is 23.5 Å². The van der Waals surface area contributed by atoms with Crippen LogP contribution in [-0.4, -0.2) is 44.8 Å². The molecule has 132 valence electrons. The zero-order valence-corrected chi connectivity index (χ0v) is 14.7. The van der Waals surface area contributed by atoms with Crippen LogP contribution in [0, 0.1) is 12.8 Å². The maximum atomic E-state index is 12.8. The summed E-state index contributed by atoms with van der Waals surface area (Å²) in [5.74, 6) is -0.750. The number of aliphatic carboxylic acids is 1. The Labute approximate surface area is 151 Å². The van der Waals surface area contributed by atoms with Crippen molar-refractivity contribution in [1.82, 2.24) is 14.7 Å². The normalized spacial score (nSPS) is 15.4. The van der Waals surface area contributed by atoms with Crippen LogP contribution in [0.15, 0.2) is 30.5 Å². The summed E-state index contributed by atoms with van der Waals surface area (Å²) in [5, 5.41) is 13.9. The lowest BCUT2D eigenvalue weighted by molar-refractivity contribution is -0.138. The molecule has 1 aromatic carbocycles. The first-order valence-corrected chi connectivity index (χ1v) is 8.65. The summed E-state index contributed by atoms with van der Waals surface area (Å²) in [5.41, 5.74) is 1.93.